The highest BCUT2D eigenvalue weighted by atomic mass is 32.2. The van der Waals surface area contributed by atoms with Gasteiger partial charge in [-0.1, -0.05) is 0 Å². The van der Waals surface area contributed by atoms with Crippen LogP contribution in [-0.4, -0.2) is 32.3 Å². The van der Waals surface area contributed by atoms with Gasteiger partial charge >= 0.3 is 0 Å². The molecular formula is C13H16F2N2O3S. The Balaban J connectivity index is 2.44. The van der Waals surface area contributed by atoms with Crippen molar-refractivity contribution in [1.82, 2.24) is 4.90 Å². The highest BCUT2D eigenvalue weighted by molar-refractivity contribution is 7.89. The summed E-state index contributed by atoms with van der Waals surface area (Å²) in [6, 6.07) is 1.45. The van der Waals surface area contributed by atoms with Crippen LogP contribution in [0.25, 0.3) is 0 Å². The summed E-state index contributed by atoms with van der Waals surface area (Å²) in [4.78, 5) is 12.7. The van der Waals surface area contributed by atoms with Gasteiger partial charge in [0.15, 0.2) is 5.82 Å². The maximum atomic E-state index is 14.2. The fraction of sp³-hybridized carbons (Fsp3) is 0.462. The Morgan fingerprint density at radius 1 is 1.38 bits per heavy atom. The first-order chi connectivity index (χ1) is 9.75. The second-order valence-corrected chi connectivity index (χ2v) is 6.60. The number of halogens is 2. The van der Waals surface area contributed by atoms with Crippen LogP contribution in [0.15, 0.2) is 17.0 Å². The highest BCUT2D eigenvalue weighted by Gasteiger charge is 2.31. The molecule has 1 amide bonds. The molecule has 1 aromatic rings. The second kappa shape index (κ2) is 5.69. The molecule has 2 N–H and O–H groups in total. The third-order valence-corrected chi connectivity index (χ3v) is 4.35. The summed E-state index contributed by atoms with van der Waals surface area (Å²) in [5, 5.41) is 4.86. The molecule has 1 aliphatic rings. The van der Waals surface area contributed by atoms with Crippen LogP contribution in [0.1, 0.15) is 30.1 Å². The van der Waals surface area contributed by atoms with Crippen molar-refractivity contribution < 1.29 is 22.0 Å². The van der Waals surface area contributed by atoms with E-state index in [1.165, 1.54) is 4.90 Å². The third-order valence-electron chi connectivity index (χ3n) is 3.42. The zero-order valence-electron chi connectivity index (χ0n) is 11.5. The molecular weight excluding hydrogens is 302 g/mol. The Kier molecular flexibility index (Phi) is 4.29. The number of sulfonamides is 1. The predicted octanol–water partition coefficient (Wildman–Crippen LogP) is 1.48. The van der Waals surface area contributed by atoms with Crippen LogP contribution in [0.3, 0.4) is 0 Å². The van der Waals surface area contributed by atoms with Crippen molar-refractivity contribution in [1.29, 1.82) is 0 Å². The van der Waals surface area contributed by atoms with Crippen LogP contribution in [-0.2, 0) is 10.0 Å². The highest BCUT2D eigenvalue weighted by Crippen LogP contribution is 2.30. The first-order valence-electron chi connectivity index (χ1n) is 6.55. The summed E-state index contributed by atoms with van der Waals surface area (Å²) in [6.45, 7) is 2.39. The molecule has 8 heteroatoms. The third kappa shape index (κ3) is 3.38. The number of benzene rings is 1. The van der Waals surface area contributed by atoms with Crippen LogP contribution < -0.4 is 5.14 Å². The van der Waals surface area contributed by atoms with Gasteiger partial charge < -0.3 is 4.90 Å². The van der Waals surface area contributed by atoms with E-state index < -0.39 is 38.0 Å². The number of rotatable bonds is 5. The molecule has 0 aliphatic heterocycles. The monoisotopic (exact) mass is 318 g/mol. The minimum Gasteiger partial charge on any atom is -0.338 e. The molecule has 0 bridgehead atoms. The van der Waals surface area contributed by atoms with Gasteiger partial charge in [0.25, 0.3) is 5.91 Å². The van der Waals surface area contributed by atoms with Crippen molar-refractivity contribution in [2.24, 2.45) is 11.1 Å². The Morgan fingerprint density at radius 2 is 2.00 bits per heavy atom. The molecule has 1 fully saturated rings. The summed E-state index contributed by atoms with van der Waals surface area (Å²) in [7, 11) is -4.36. The van der Waals surface area contributed by atoms with Gasteiger partial charge in [0.1, 0.15) is 16.3 Å². The van der Waals surface area contributed by atoms with Crippen molar-refractivity contribution in [2.75, 3.05) is 13.1 Å². The molecule has 116 valence electrons. The van der Waals surface area contributed by atoms with Gasteiger partial charge in [-0.05, 0) is 37.8 Å². The van der Waals surface area contributed by atoms with Crippen LogP contribution in [0.4, 0.5) is 8.78 Å². The van der Waals surface area contributed by atoms with Crippen molar-refractivity contribution in [3.8, 4) is 0 Å². The quantitative estimate of drug-likeness (QED) is 0.893. The van der Waals surface area contributed by atoms with Crippen molar-refractivity contribution in [3.63, 3.8) is 0 Å². The fourth-order valence-electron chi connectivity index (χ4n) is 2.07. The van der Waals surface area contributed by atoms with Gasteiger partial charge in [-0.2, -0.15) is 0 Å². The smallest absolute Gasteiger partial charge is 0.259 e. The summed E-state index contributed by atoms with van der Waals surface area (Å²) < 4.78 is 50.5. The molecule has 0 heterocycles. The second-order valence-electron chi connectivity index (χ2n) is 5.07. The summed E-state index contributed by atoms with van der Waals surface area (Å²) in [5.41, 5.74) is -0.871. The topological polar surface area (TPSA) is 80.5 Å². The molecule has 0 radical (unpaired) electrons. The van der Waals surface area contributed by atoms with E-state index in [2.05, 4.69) is 0 Å². The van der Waals surface area contributed by atoms with E-state index >= 15 is 0 Å². The van der Waals surface area contributed by atoms with E-state index in [0.717, 1.165) is 18.9 Å². The van der Waals surface area contributed by atoms with Crippen molar-refractivity contribution in [2.45, 2.75) is 24.7 Å². The average Bonchev–Trinajstić information content (AvgIpc) is 3.17. The van der Waals surface area contributed by atoms with Crippen LogP contribution >= 0.6 is 0 Å². The zero-order valence-corrected chi connectivity index (χ0v) is 12.3. The number of amides is 1. The fourth-order valence-corrected chi connectivity index (χ4v) is 2.68. The SMILES string of the molecule is CCN(CC1CC1)C(=O)c1c(F)ccc(S(N)(=O)=O)c1F. The lowest BCUT2D eigenvalue weighted by molar-refractivity contribution is 0.0746. The number of hydrogen-bond donors (Lipinski definition) is 1. The lowest BCUT2D eigenvalue weighted by Crippen LogP contribution is -2.34. The molecule has 2 rings (SSSR count). The van der Waals surface area contributed by atoms with Gasteiger partial charge in [0.05, 0.1) is 0 Å². The Labute approximate surface area is 121 Å². The minimum atomic E-state index is -4.36. The minimum absolute atomic E-state index is 0.286. The van der Waals surface area contributed by atoms with E-state index in [-0.39, 0.29) is 6.54 Å². The number of carbonyl (C=O) groups excluding carboxylic acids is 1. The maximum absolute atomic E-state index is 14.2. The first-order valence-corrected chi connectivity index (χ1v) is 8.10. The van der Waals surface area contributed by atoms with Gasteiger partial charge in [0.2, 0.25) is 10.0 Å². The van der Waals surface area contributed by atoms with Crippen LogP contribution in [0.5, 0.6) is 0 Å². The van der Waals surface area contributed by atoms with Crippen LogP contribution in [0, 0.1) is 17.6 Å². The number of nitrogens with two attached hydrogens (primary N) is 1. The standard InChI is InChI=1S/C13H16F2N2O3S/c1-2-17(7-8-3-4-8)13(18)11-9(14)5-6-10(12(11)15)21(16,19)20/h5-6,8H,2-4,7H2,1H3,(H2,16,19,20). The number of primary sulfonamides is 1. The Morgan fingerprint density at radius 3 is 2.48 bits per heavy atom. The molecule has 1 aliphatic carbocycles. The summed E-state index contributed by atoms with van der Waals surface area (Å²) in [6.07, 6.45) is 1.96. The van der Waals surface area contributed by atoms with Gasteiger partial charge in [-0.3, -0.25) is 4.79 Å². The molecule has 5 nitrogen and oxygen atoms in total. The average molecular weight is 318 g/mol. The lowest BCUT2D eigenvalue weighted by Gasteiger charge is -2.21. The molecule has 0 aromatic heterocycles. The molecule has 1 saturated carbocycles. The van der Waals surface area contributed by atoms with E-state index in [4.69, 9.17) is 5.14 Å². The zero-order chi connectivity index (χ0) is 15.8. The van der Waals surface area contributed by atoms with E-state index in [1.807, 2.05) is 0 Å². The van der Waals surface area contributed by atoms with Gasteiger partial charge in [-0.25, -0.2) is 22.3 Å². The van der Waals surface area contributed by atoms with E-state index in [9.17, 15) is 22.0 Å². The van der Waals surface area contributed by atoms with Crippen molar-refractivity contribution >= 4 is 15.9 Å². The first kappa shape index (κ1) is 15.8. The molecule has 21 heavy (non-hydrogen) atoms. The molecule has 0 saturated heterocycles. The van der Waals surface area contributed by atoms with Gasteiger partial charge in [-0.15, -0.1) is 0 Å². The summed E-state index contributed by atoms with van der Waals surface area (Å²) in [5.74, 6) is -3.04. The van der Waals surface area contributed by atoms with Crippen molar-refractivity contribution in [3.05, 3.63) is 29.3 Å². The van der Waals surface area contributed by atoms with Gasteiger partial charge in [0, 0.05) is 13.1 Å². The predicted molar refractivity (Wildman–Crippen MR) is 72.0 cm³/mol. The Hall–Kier alpha value is -1.54. The van der Waals surface area contributed by atoms with E-state index in [1.54, 1.807) is 6.92 Å². The lowest BCUT2D eigenvalue weighted by atomic mass is 10.1. The molecule has 0 spiro atoms. The van der Waals surface area contributed by atoms with E-state index in [0.29, 0.717) is 18.5 Å². The molecule has 0 atom stereocenters. The summed E-state index contributed by atoms with van der Waals surface area (Å²) >= 11 is 0. The molecule has 0 unspecified atom stereocenters. The van der Waals surface area contributed by atoms with Crippen LogP contribution in [0.2, 0.25) is 0 Å². The normalized spacial score (nSPS) is 15.0. The largest absolute Gasteiger partial charge is 0.338 e. The maximum Gasteiger partial charge on any atom is 0.259 e. The number of hydrogen-bond acceptors (Lipinski definition) is 3. The molecule has 1 aromatic carbocycles. The Bertz CT molecular complexity index is 672. The number of carbonyl (C=O) groups is 1. The number of nitrogens with zero attached hydrogens (tertiary/aromatic N) is 1.